The summed E-state index contributed by atoms with van der Waals surface area (Å²) in [6, 6.07) is 8.16. The van der Waals surface area contributed by atoms with Gasteiger partial charge in [0.2, 0.25) is 0 Å². The van der Waals surface area contributed by atoms with E-state index in [1.807, 2.05) is 26.2 Å². The van der Waals surface area contributed by atoms with Gasteiger partial charge in [-0.05, 0) is 24.1 Å². The molecule has 0 saturated heterocycles. The molecule has 2 rings (SSSR count). The summed E-state index contributed by atoms with van der Waals surface area (Å²) >= 11 is 18.6. The van der Waals surface area contributed by atoms with E-state index in [2.05, 4.69) is 17.0 Å². The van der Waals surface area contributed by atoms with Crippen LogP contribution in [0.2, 0.25) is 0 Å². The molecule has 0 fully saturated rings. The molecule has 0 saturated carbocycles. The van der Waals surface area contributed by atoms with Crippen LogP contribution in [0.4, 0.5) is 5.69 Å². The van der Waals surface area contributed by atoms with E-state index in [1.54, 1.807) is 6.08 Å². The topological polar surface area (TPSA) is 3.24 Å². The first-order chi connectivity index (χ1) is 8.50. The zero-order valence-corrected chi connectivity index (χ0v) is 12.5. The van der Waals surface area contributed by atoms with Gasteiger partial charge in [-0.25, -0.2) is 0 Å². The Bertz CT molecular complexity index is 518. The SMILES string of the molecule is CN(C)c1ccccc1C1CC(Cl)=CC(Cl)=C1Cl. The Morgan fingerprint density at radius 3 is 2.44 bits per heavy atom. The molecule has 0 aliphatic heterocycles. The number of hydrogen-bond donors (Lipinski definition) is 0. The maximum Gasteiger partial charge on any atom is 0.0569 e. The highest BCUT2D eigenvalue weighted by Gasteiger charge is 2.25. The first kappa shape index (κ1) is 13.8. The van der Waals surface area contributed by atoms with Crippen molar-refractivity contribution >= 4 is 40.5 Å². The summed E-state index contributed by atoms with van der Waals surface area (Å²) in [6.45, 7) is 0. The number of hydrogen-bond acceptors (Lipinski definition) is 1. The second-order valence-corrected chi connectivity index (χ2v) is 5.80. The maximum atomic E-state index is 6.34. The molecule has 0 spiro atoms. The van der Waals surface area contributed by atoms with Gasteiger partial charge in [-0.1, -0.05) is 53.0 Å². The summed E-state index contributed by atoms with van der Waals surface area (Å²) < 4.78 is 0. The van der Waals surface area contributed by atoms with Crippen molar-refractivity contribution in [3.63, 3.8) is 0 Å². The van der Waals surface area contributed by atoms with Gasteiger partial charge in [0.25, 0.3) is 0 Å². The third-order valence-electron chi connectivity index (χ3n) is 3.01. The predicted octanol–water partition coefficient (Wildman–Crippen LogP) is 5.05. The lowest BCUT2D eigenvalue weighted by molar-refractivity contribution is 0.819. The van der Waals surface area contributed by atoms with Crippen LogP contribution in [0.25, 0.3) is 0 Å². The largest absolute Gasteiger partial charge is 0.377 e. The van der Waals surface area contributed by atoms with Crippen LogP contribution in [-0.4, -0.2) is 14.1 Å². The van der Waals surface area contributed by atoms with Gasteiger partial charge in [0.15, 0.2) is 0 Å². The van der Waals surface area contributed by atoms with E-state index in [9.17, 15) is 0 Å². The molecule has 0 N–H and O–H groups in total. The molecule has 1 aromatic carbocycles. The van der Waals surface area contributed by atoms with Gasteiger partial charge in [0, 0.05) is 35.8 Å². The quantitative estimate of drug-likeness (QED) is 0.739. The molecule has 0 amide bonds. The Hall–Kier alpha value is -0.630. The minimum absolute atomic E-state index is 0.0373. The second kappa shape index (κ2) is 5.56. The van der Waals surface area contributed by atoms with Crippen LogP contribution >= 0.6 is 34.8 Å². The van der Waals surface area contributed by atoms with Crippen LogP contribution < -0.4 is 4.90 Å². The van der Waals surface area contributed by atoms with Crippen LogP contribution in [0.3, 0.4) is 0 Å². The minimum Gasteiger partial charge on any atom is -0.377 e. The number of para-hydroxylation sites is 1. The summed E-state index contributed by atoms with van der Waals surface area (Å²) in [7, 11) is 4.02. The highest BCUT2D eigenvalue weighted by molar-refractivity contribution is 6.42. The smallest absolute Gasteiger partial charge is 0.0569 e. The molecular formula is C14H14Cl3N. The molecule has 1 aromatic rings. The standard InChI is InChI=1S/C14H14Cl3N/c1-18(2)13-6-4-3-5-10(13)11-7-9(15)8-12(16)14(11)17/h3-6,8,11H,7H2,1-2H3. The Morgan fingerprint density at radius 1 is 1.11 bits per heavy atom. The fourth-order valence-electron chi connectivity index (χ4n) is 2.15. The highest BCUT2D eigenvalue weighted by Crippen LogP contribution is 2.44. The Labute approximate surface area is 123 Å². The van der Waals surface area contributed by atoms with Gasteiger partial charge >= 0.3 is 0 Å². The van der Waals surface area contributed by atoms with Crippen molar-refractivity contribution in [2.45, 2.75) is 12.3 Å². The lowest BCUT2D eigenvalue weighted by Gasteiger charge is -2.26. The summed E-state index contributed by atoms with van der Waals surface area (Å²) in [5.74, 6) is 0.0373. The number of benzene rings is 1. The molecule has 0 heterocycles. The van der Waals surface area contributed by atoms with Crippen molar-refractivity contribution < 1.29 is 0 Å². The van der Waals surface area contributed by atoms with Gasteiger partial charge in [0.1, 0.15) is 0 Å². The highest BCUT2D eigenvalue weighted by atomic mass is 35.5. The third-order valence-corrected chi connectivity index (χ3v) is 4.15. The van der Waals surface area contributed by atoms with Crippen LogP contribution in [0.5, 0.6) is 0 Å². The van der Waals surface area contributed by atoms with Gasteiger partial charge in [-0.3, -0.25) is 0 Å². The fraction of sp³-hybridized carbons (Fsp3) is 0.286. The van der Waals surface area contributed by atoms with Crippen molar-refractivity contribution in [2.24, 2.45) is 0 Å². The molecule has 1 unspecified atom stereocenters. The van der Waals surface area contributed by atoms with E-state index in [4.69, 9.17) is 34.8 Å². The molecule has 18 heavy (non-hydrogen) atoms. The van der Waals surface area contributed by atoms with Gasteiger partial charge in [-0.2, -0.15) is 0 Å². The van der Waals surface area contributed by atoms with Crippen molar-refractivity contribution in [1.29, 1.82) is 0 Å². The molecule has 96 valence electrons. The Balaban J connectivity index is 2.48. The first-order valence-corrected chi connectivity index (χ1v) is 6.81. The fourth-order valence-corrected chi connectivity index (χ4v) is 2.98. The third kappa shape index (κ3) is 2.69. The van der Waals surface area contributed by atoms with E-state index in [-0.39, 0.29) is 5.92 Å². The lowest BCUT2D eigenvalue weighted by atomic mass is 9.90. The summed E-state index contributed by atoms with van der Waals surface area (Å²) in [5.41, 5.74) is 2.29. The van der Waals surface area contributed by atoms with Crippen molar-refractivity contribution in [2.75, 3.05) is 19.0 Å². The van der Waals surface area contributed by atoms with Crippen LogP contribution in [0.15, 0.2) is 45.4 Å². The van der Waals surface area contributed by atoms with E-state index >= 15 is 0 Å². The second-order valence-electron chi connectivity index (χ2n) is 4.50. The van der Waals surface area contributed by atoms with Gasteiger partial charge in [0.05, 0.1) is 5.03 Å². The maximum absolute atomic E-state index is 6.34. The number of nitrogens with zero attached hydrogens (tertiary/aromatic N) is 1. The molecule has 1 aliphatic carbocycles. The number of allylic oxidation sites excluding steroid dienone is 4. The number of halogens is 3. The van der Waals surface area contributed by atoms with Crippen molar-refractivity contribution in [1.82, 2.24) is 0 Å². The van der Waals surface area contributed by atoms with E-state index in [0.29, 0.717) is 16.5 Å². The molecule has 0 bridgehead atoms. The van der Waals surface area contributed by atoms with Crippen LogP contribution in [-0.2, 0) is 0 Å². The normalized spacial score (nSPS) is 19.8. The summed E-state index contributed by atoms with van der Waals surface area (Å²) in [5, 5.41) is 1.94. The lowest BCUT2D eigenvalue weighted by Crippen LogP contribution is -2.14. The average molecular weight is 303 g/mol. The predicted molar refractivity (Wildman–Crippen MR) is 80.8 cm³/mol. The summed E-state index contributed by atoms with van der Waals surface area (Å²) in [6.07, 6.45) is 2.42. The molecule has 0 radical (unpaired) electrons. The van der Waals surface area contributed by atoms with E-state index in [1.165, 1.54) is 0 Å². The monoisotopic (exact) mass is 301 g/mol. The molecule has 1 aliphatic rings. The first-order valence-electron chi connectivity index (χ1n) is 5.68. The Kier molecular flexibility index (Phi) is 4.26. The number of anilines is 1. The van der Waals surface area contributed by atoms with E-state index < -0.39 is 0 Å². The molecular weight excluding hydrogens is 289 g/mol. The van der Waals surface area contributed by atoms with Crippen LogP contribution in [0.1, 0.15) is 17.9 Å². The number of rotatable bonds is 2. The Morgan fingerprint density at radius 2 is 1.78 bits per heavy atom. The molecule has 1 atom stereocenters. The zero-order valence-electron chi connectivity index (χ0n) is 10.3. The summed E-state index contributed by atoms with van der Waals surface area (Å²) in [4.78, 5) is 2.07. The van der Waals surface area contributed by atoms with Crippen molar-refractivity contribution in [3.05, 3.63) is 51.0 Å². The zero-order chi connectivity index (χ0) is 13.3. The van der Waals surface area contributed by atoms with E-state index in [0.717, 1.165) is 16.3 Å². The van der Waals surface area contributed by atoms with Crippen molar-refractivity contribution in [3.8, 4) is 0 Å². The van der Waals surface area contributed by atoms with Gasteiger partial charge in [-0.15, -0.1) is 0 Å². The van der Waals surface area contributed by atoms with Crippen LogP contribution in [0, 0.1) is 0 Å². The molecule has 1 nitrogen and oxygen atoms in total. The molecule has 0 aromatic heterocycles. The molecule has 4 heteroatoms. The van der Waals surface area contributed by atoms with Gasteiger partial charge < -0.3 is 4.90 Å². The average Bonchev–Trinajstić information content (AvgIpc) is 2.33. The minimum atomic E-state index is 0.0373.